The summed E-state index contributed by atoms with van der Waals surface area (Å²) in [5.74, 6) is 0.816. The van der Waals surface area contributed by atoms with Gasteiger partial charge in [-0.1, -0.05) is 0 Å². The third-order valence-corrected chi connectivity index (χ3v) is 3.93. The molecule has 1 aromatic heterocycles. The maximum atomic E-state index is 12.4. The minimum atomic E-state index is 0.0114. The smallest absolute Gasteiger partial charge is 0.274 e. The lowest BCUT2D eigenvalue weighted by molar-refractivity contribution is 0.0610. The van der Waals surface area contributed by atoms with Gasteiger partial charge in [-0.3, -0.25) is 9.69 Å². The summed E-state index contributed by atoms with van der Waals surface area (Å²) in [6.07, 6.45) is 2.92. The zero-order valence-electron chi connectivity index (χ0n) is 11.6. The number of nitrogens with one attached hydrogen (secondary N) is 1. The van der Waals surface area contributed by atoms with Gasteiger partial charge in [-0.2, -0.15) is 0 Å². The molecule has 1 fully saturated rings. The molecule has 2 N–H and O–H groups in total. The van der Waals surface area contributed by atoms with Gasteiger partial charge in [-0.25, -0.2) is 4.98 Å². The zero-order valence-corrected chi connectivity index (χ0v) is 11.6. The largest absolute Gasteiger partial charge is 0.395 e. The molecule has 0 bridgehead atoms. The average Bonchev–Trinajstić information content (AvgIpc) is 2.91. The number of aryl methyl sites for hydroxylation is 1. The Morgan fingerprint density at radius 3 is 2.80 bits per heavy atom. The van der Waals surface area contributed by atoms with Crippen LogP contribution in [0.25, 0.3) is 0 Å². The van der Waals surface area contributed by atoms with Crippen LogP contribution in [-0.4, -0.2) is 76.2 Å². The number of aromatic nitrogens is 2. The number of β-amino-alcohol motifs (C(OH)–C–C–N with tert-alkyl or cyclic N) is 1. The van der Waals surface area contributed by atoms with E-state index in [1.165, 1.54) is 0 Å². The maximum absolute atomic E-state index is 12.4. The van der Waals surface area contributed by atoms with Gasteiger partial charge in [0.05, 0.1) is 6.61 Å². The van der Waals surface area contributed by atoms with Crippen LogP contribution in [0.5, 0.6) is 0 Å². The summed E-state index contributed by atoms with van der Waals surface area (Å²) in [5.41, 5.74) is 0.532. The molecule has 0 unspecified atom stereocenters. The number of hydrogen-bond donors (Lipinski definition) is 2. The molecular weight excluding hydrogens is 258 g/mol. The second-order valence-electron chi connectivity index (χ2n) is 5.28. The number of aliphatic hydroxyl groups is 1. The van der Waals surface area contributed by atoms with E-state index in [0.29, 0.717) is 25.3 Å². The number of rotatable bonds is 3. The predicted molar refractivity (Wildman–Crippen MR) is 74.8 cm³/mol. The van der Waals surface area contributed by atoms with Crippen molar-refractivity contribution in [3.8, 4) is 0 Å². The summed E-state index contributed by atoms with van der Waals surface area (Å²) in [4.78, 5) is 20.8. The third-order valence-electron chi connectivity index (χ3n) is 3.93. The van der Waals surface area contributed by atoms with Gasteiger partial charge < -0.3 is 19.9 Å². The monoisotopic (exact) mass is 279 g/mol. The molecule has 3 rings (SSSR count). The molecule has 3 heterocycles. The Morgan fingerprint density at radius 1 is 1.30 bits per heavy atom. The molecule has 1 aromatic rings. The highest BCUT2D eigenvalue weighted by Crippen LogP contribution is 2.16. The second kappa shape index (κ2) is 5.80. The first-order valence-corrected chi connectivity index (χ1v) is 7.21. The summed E-state index contributed by atoms with van der Waals surface area (Å²) in [7, 11) is 0. The molecule has 0 atom stereocenters. The van der Waals surface area contributed by atoms with Gasteiger partial charge in [0.2, 0.25) is 5.95 Å². The van der Waals surface area contributed by atoms with Gasteiger partial charge in [0.25, 0.3) is 5.91 Å². The van der Waals surface area contributed by atoms with Crippen LogP contribution in [0.4, 0.5) is 5.95 Å². The van der Waals surface area contributed by atoms with Crippen molar-refractivity contribution in [1.29, 1.82) is 0 Å². The van der Waals surface area contributed by atoms with Gasteiger partial charge in [0.1, 0.15) is 5.69 Å². The Kier molecular flexibility index (Phi) is 3.88. The molecule has 7 nitrogen and oxygen atoms in total. The first kappa shape index (κ1) is 13.4. The lowest BCUT2D eigenvalue weighted by Gasteiger charge is -2.33. The summed E-state index contributed by atoms with van der Waals surface area (Å²) < 4.78 is 2.01. The Morgan fingerprint density at radius 2 is 2.10 bits per heavy atom. The van der Waals surface area contributed by atoms with Crippen LogP contribution in [0.3, 0.4) is 0 Å². The highest BCUT2D eigenvalue weighted by Gasteiger charge is 2.24. The molecule has 110 valence electrons. The molecule has 0 spiro atoms. The number of piperazine rings is 1. The van der Waals surface area contributed by atoms with Crippen LogP contribution in [-0.2, 0) is 6.54 Å². The van der Waals surface area contributed by atoms with Crippen molar-refractivity contribution in [1.82, 2.24) is 19.4 Å². The summed E-state index contributed by atoms with van der Waals surface area (Å²) in [6.45, 7) is 5.74. The molecule has 0 aliphatic carbocycles. The lowest BCUT2D eigenvalue weighted by atomic mass is 10.3. The number of anilines is 1. The second-order valence-corrected chi connectivity index (χ2v) is 5.28. The van der Waals surface area contributed by atoms with Crippen molar-refractivity contribution < 1.29 is 9.90 Å². The average molecular weight is 279 g/mol. The van der Waals surface area contributed by atoms with Crippen molar-refractivity contribution in [3.63, 3.8) is 0 Å². The van der Waals surface area contributed by atoms with Crippen LogP contribution >= 0.6 is 0 Å². The number of carbonyl (C=O) groups is 1. The highest BCUT2D eigenvalue weighted by molar-refractivity contribution is 5.92. The number of fused-ring (bicyclic) bond motifs is 1. The lowest BCUT2D eigenvalue weighted by Crippen LogP contribution is -2.49. The van der Waals surface area contributed by atoms with Gasteiger partial charge in [0, 0.05) is 52.0 Å². The first-order chi connectivity index (χ1) is 9.78. The molecule has 0 radical (unpaired) electrons. The van der Waals surface area contributed by atoms with Gasteiger partial charge >= 0.3 is 0 Å². The van der Waals surface area contributed by atoms with Gasteiger partial charge in [0.15, 0.2) is 0 Å². The fourth-order valence-electron chi connectivity index (χ4n) is 2.76. The Labute approximate surface area is 118 Å². The zero-order chi connectivity index (χ0) is 13.9. The van der Waals surface area contributed by atoms with Crippen molar-refractivity contribution in [2.24, 2.45) is 0 Å². The summed E-state index contributed by atoms with van der Waals surface area (Å²) in [5, 5.41) is 12.1. The quantitative estimate of drug-likeness (QED) is 0.776. The molecule has 2 aliphatic rings. The predicted octanol–water partition coefficient (Wildman–Crippen LogP) is -0.551. The van der Waals surface area contributed by atoms with E-state index in [0.717, 1.165) is 38.5 Å². The topological polar surface area (TPSA) is 73.6 Å². The molecule has 0 saturated carbocycles. The number of amides is 1. The molecule has 2 aliphatic heterocycles. The number of hydrogen-bond acceptors (Lipinski definition) is 5. The minimum Gasteiger partial charge on any atom is -0.395 e. The van der Waals surface area contributed by atoms with E-state index in [2.05, 4.69) is 15.2 Å². The number of imidazole rings is 1. The van der Waals surface area contributed by atoms with E-state index in [9.17, 15) is 4.79 Å². The van der Waals surface area contributed by atoms with Gasteiger partial charge in [-0.15, -0.1) is 0 Å². The van der Waals surface area contributed by atoms with Crippen LogP contribution in [0, 0.1) is 0 Å². The van der Waals surface area contributed by atoms with E-state index in [1.54, 1.807) is 0 Å². The van der Waals surface area contributed by atoms with Crippen LogP contribution < -0.4 is 5.32 Å². The molecule has 1 amide bonds. The number of aliphatic hydroxyl groups excluding tert-OH is 1. The molecular formula is C13H21N5O2. The summed E-state index contributed by atoms with van der Waals surface area (Å²) >= 11 is 0. The minimum absolute atomic E-state index is 0.0114. The fourth-order valence-corrected chi connectivity index (χ4v) is 2.76. The Balaban J connectivity index is 1.63. The molecule has 0 aromatic carbocycles. The Hall–Kier alpha value is -1.60. The van der Waals surface area contributed by atoms with Crippen molar-refractivity contribution in [2.75, 3.05) is 51.2 Å². The first-order valence-electron chi connectivity index (χ1n) is 7.21. The standard InChI is InChI=1S/C13H21N5O2/c19-9-8-16-4-6-17(7-5-16)12(20)11-10-18-3-1-2-14-13(18)15-11/h10,19H,1-9H2,(H,14,15). The van der Waals surface area contributed by atoms with E-state index in [-0.39, 0.29) is 12.5 Å². The number of nitrogens with zero attached hydrogens (tertiary/aromatic N) is 4. The van der Waals surface area contributed by atoms with E-state index in [1.807, 2.05) is 15.7 Å². The van der Waals surface area contributed by atoms with E-state index in [4.69, 9.17) is 5.11 Å². The van der Waals surface area contributed by atoms with Crippen molar-refractivity contribution in [2.45, 2.75) is 13.0 Å². The molecule has 20 heavy (non-hydrogen) atoms. The normalized spacial score (nSPS) is 19.6. The highest BCUT2D eigenvalue weighted by atomic mass is 16.3. The van der Waals surface area contributed by atoms with E-state index < -0.39 is 0 Å². The molecule has 1 saturated heterocycles. The van der Waals surface area contributed by atoms with Crippen LogP contribution in [0.1, 0.15) is 16.9 Å². The van der Waals surface area contributed by atoms with Crippen molar-refractivity contribution >= 4 is 11.9 Å². The van der Waals surface area contributed by atoms with Gasteiger partial charge in [-0.05, 0) is 6.42 Å². The van der Waals surface area contributed by atoms with Crippen LogP contribution in [0.15, 0.2) is 6.20 Å². The number of carbonyl (C=O) groups excluding carboxylic acids is 1. The fraction of sp³-hybridized carbons (Fsp3) is 0.692. The third kappa shape index (κ3) is 2.64. The maximum Gasteiger partial charge on any atom is 0.274 e. The van der Waals surface area contributed by atoms with E-state index >= 15 is 0 Å². The summed E-state index contributed by atoms with van der Waals surface area (Å²) in [6, 6.07) is 0. The van der Waals surface area contributed by atoms with Crippen molar-refractivity contribution in [3.05, 3.63) is 11.9 Å². The Bertz CT molecular complexity index is 456. The molecule has 7 heteroatoms. The van der Waals surface area contributed by atoms with Crippen LogP contribution in [0.2, 0.25) is 0 Å². The SMILES string of the molecule is O=C(c1cn2c(n1)NCCC2)N1CCN(CCO)CC1.